The van der Waals surface area contributed by atoms with E-state index < -0.39 is 0 Å². The van der Waals surface area contributed by atoms with Gasteiger partial charge in [0.15, 0.2) is 0 Å². The number of anilines is 1. The van der Waals surface area contributed by atoms with E-state index in [1.807, 2.05) is 55.6 Å². The first-order valence-electron chi connectivity index (χ1n) is 6.28. The lowest BCUT2D eigenvalue weighted by molar-refractivity contribution is -0.119. The summed E-state index contributed by atoms with van der Waals surface area (Å²) in [7, 11) is 1.84. The molecule has 0 saturated carbocycles. The maximum atomic E-state index is 12.3. The Labute approximate surface area is 117 Å². The Morgan fingerprint density at radius 1 is 1.11 bits per heavy atom. The van der Waals surface area contributed by atoms with Crippen molar-refractivity contribution >= 4 is 23.2 Å². The number of benzene rings is 2. The van der Waals surface area contributed by atoms with Gasteiger partial charge in [-0.3, -0.25) is 4.79 Å². The molecule has 0 N–H and O–H groups in total. The summed E-state index contributed by atoms with van der Waals surface area (Å²) >= 11 is 5.89. The van der Waals surface area contributed by atoms with Crippen LogP contribution in [0.3, 0.4) is 0 Å². The highest BCUT2D eigenvalue weighted by Crippen LogP contribution is 2.37. The average Bonchev–Trinajstić information content (AvgIpc) is 2.67. The molecular weight excluding hydrogens is 258 g/mol. The van der Waals surface area contributed by atoms with Crippen molar-refractivity contribution in [2.75, 3.05) is 11.9 Å². The molecule has 0 saturated heterocycles. The van der Waals surface area contributed by atoms with Crippen LogP contribution in [0.25, 0.3) is 0 Å². The van der Waals surface area contributed by atoms with Crippen molar-refractivity contribution in [3.8, 4) is 0 Å². The van der Waals surface area contributed by atoms with Gasteiger partial charge >= 0.3 is 0 Å². The van der Waals surface area contributed by atoms with Crippen LogP contribution >= 0.6 is 11.6 Å². The number of likely N-dealkylation sites (N-methyl/N-ethyl adjacent to an activating group) is 1. The van der Waals surface area contributed by atoms with Crippen molar-refractivity contribution < 1.29 is 4.79 Å². The number of rotatable bonds is 2. The molecule has 0 radical (unpaired) electrons. The summed E-state index contributed by atoms with van der Waals surface area (Å²) in [4.78, 5) is 14.1. The molecule has 2 aromatic rings. The Morgan fingerprint density at radius 2 is 1.79 bits per heavy atom. The number of hydrogen-bond acceptors (Lipinski definition) is 1. The van der Waals surface area contributed by atoms with Gasteiger partial charge in [0.25, 0.3) is 0 Å². The molecule has 2 nitrogen and oxygen atoms in total. The third kappa shape index (κ3) is 2.13. The van der Waals surface area contributed by atoms with Gasteiger partial charge in [-0.2, -0.15) is 0 Å². The minimum absolute atomic E-state index is 0.0811. The number of amides is 1. The molecule has 0 spiro atoms. The Balaban J connectivity index is 1.93. The number of carbonyl (C=O) groups excluding carboxylic acids is 1. The van der Waals surface area contributed by atoms with E-state index in [9.17, 15) is 4.79 Å². The smallest absolute Gasteiger partial charge is 0.234 e. The molecule has 1 atom stereocenters. The van der Waals surface area contributed by atoms with Gasteiger partial charge in [-0.05, 0) is 35.7 Å². The maximum absolute atomic E-state index is 12.3. The molecule has 0 aromatic heterocycles. The number of carbonyl (C=O) groups is 1. The van der Waals surface area contributed by atoms with Crippen molar-refractivity contribution in [2.24, 2.45) is 0 Å². The Morgan fingerprint density at radius 3 is 2.53 bits per heavy atom. The lowest BCUT2D eigenvalue weighted by Gasteiger charge is -2.11. The van der Waals surface area contributed by atoms with Gasteiger partial charge in [-0.1, -0.05) is 41.9 Å². The van der Waals surface area contributed by atoms with Gasteiger partial charge in [-0.25, -0.2) is 0 Å². The SMILES string of the molecule is CN1C(=O)C(Cc2ccc(Cl)cc2)c2ccccc21. The molecule has 3 rings (SSSR count). The van der Waals surface area contributed by atoms with Gasteiger partial charge in [0, 0.05) is 17.8 Å². The second kappa shape index (κ2) is 4.71. The van der Waals surface area contributed by atoms with Crippen LogP contribution in [0.1, 0.15) is 17.0 Å². The van der Waals surface area contributed by atoms with E-state index in [1.165, 1.54) is 0 Å². The molecule has 1 aliphatic heterocycles. The third-order valence-electron chi connectivity index (χ3n) is 3.66. The summed E-state index contributed by atoms with van der Waals surface area (Å²) in [5.74, 6) is 0.0820. The van der Waals surface area contributed by atoms with Gasteiger partial charge in [0.05, 0.1) is 5.92 Å². The highest BCUT2D eigenvalue weighted by atomic mass is 35.5. The van der Waals surface area contributed by atoms with Crippen molar-refractivity contribution in [1.29, 1.82) is 0 Å². The third-order valence-corrected chi connectivity index (χ3v) is 3.91. The van der Waals surface area contributed by atoms with E-state index in [4.69, 9.17) is 11.6 Å². The van der Waals surface area contributed by atoms with E-state index in [-0.39, 0.29) is 11.8 Å². The summed E-state index contributed by atoms with van der Waals surface area (Å²) in [6.45, 7) is 0. The van der Waals surface area contributed by atoms with Crippen LogP contribution in [0.4, 0.5) is 5.69 Å². The van der Waals surface area contributed by atoms with Crippen LogP contribution in [-0.2, 0) is 11.2 Å². The van der Waals surface area contributed by atoms with E-state index in [2.05, 4.69) is 0 Å². The number of hydrogen-bond donors (Lipinski definition) is 0. The Hall–Kier alpha value is -1.80. The topological polar surface area (TPSA) is 20.3 Å². The minimum Gasteiger partial charge on any atom is -0.315 e. The second-order valence-electron chi connectivity index (χ2n) is 4.84. The predicted molar refractivity (Wildman–Crippen MR) is 77.7 cm³/mol. The zero-order chi connectivity index (χ0) is 13.4. The van der Waals surface area contributed by atoms with E-state index in [1.54, 1.807) is 4.90 Å². The first-order valence-corrected chi connectivity index (χ1v) is 6.65. The molecule has 19 heavy (non-hydrogen) atoms. The lowest BCUT2D eigenvalue weighted by Crippen LogP contribution is -2.24. The molecule has 1 heterocycles. The molecule has 0 aliphatic carbocycles. The van der Waals surface area contributed by atoms with Crippen LogP contribution < -0.4 is 4.90 Å². The Kier molecular flexibility index (Phi) is 3.03. The van der Waals surface area contributed by atoms with Crippen LogP contribution in [0, 0.1) is 0 Å². The predicted octanol–water partition coefficient (Wildman–Crippen LogP) is 3.64. The standard InChI is InChI=1S/C16H14ClNO/c1-18-15-5-3-2-4-13(15)14(16(18)19)10-11-6-8-12(17)9-7-11/h2-9,14H,10H2,1H3. The maximum Gasteiger partial charge on any atom is 0.234 e. The minimum atomic E-state index is -0.0811. The molecule has 0 fully saturated rings. The first kappa shape index (κ1) is 12.2. The summed E-state index contributed by atoms with van der Waals surface area (Å²) in [5, 5.41) is 0.721. The van der Waals surface area contributed by atoms with Gasteiger partial charge in [0.2, 0.25) is 5.91 Å². The molecule has 1 amide bonds. The zero-order valence-electron chi connectivity index (χ0n) is 10.6. The van der Waals surface area contributed by atoms with E-state index in [0.717, 1.165) is 28.3 Å². The monoisotopic (exact) mass is 271 g/mol. The fourth-order valence-electron chi connectivity index (χ4n) is 2.63. The van der Waals surface area contributed by atoms with Crippen LogP contribution in [-0.4, -0.2) is 13.0 Å². The first-order chi connectivity index (χ1) is 9.16. The molecule has 1 aliphatic rings. The van der Waals surface area contributed by atoms with E-state index >= 15 is 0 Å². The molecule has 1 unspecified atom stereocenters. The van der Waals surface area contributed by atoms with Gasteiger partial charge in [0.1, 0.15) is 0 Å². The van der Waals surface area contributed by atoms with Crippen molar-refractivity contribution in [3.05, 3.63) is 64.7 Å². The van der Waals surface area contributed by atoms with Crippen molar-refractivity contribution in [2.45, 2.75) is 12.3 Å². The fraction of sp³-hybridized carbons (Fsp3) is 0.188. The van der Waals surface area contributed by atoms with Crippen molar-refractivity contribution in [3.63, 3.8) is 0 Å². The summed E-state index contributed by atoms with van der Waals surface area (Å²) in [5.41, 5.74) is 3.27. The van der Waals surface area contributed by atoms with Crippen LogP contribution in [0.2, 0.25) is 5.02 Å². The molecule has 3 heteroatoms. The zero-order valence-corrected chi connectivity index (χ0v) is 11.4. The normalized spacial score (nSPS) is 17.7. The number of halogens is 1. The fourth-order valence-corrected chi connectivity index (χ4v) is 2.75. The molecule has 96 valence electrons. The van der Waals surface area contributed by atoms with Crippen molar-refractivity contribution in [1.82, 2.24) is 0 Å². The summed E-state index contributed by atoms with van der Waals surface area (Å²) < 4.78 is 0. The molecule has 2 aromatic carbocycles. The number of para-hydroxylation sites is 1. The highest BCUT2D eigenvalue weighted by Gasteiger charge is 2.34. The Bertz CT molecular complexity index is 621. The van der Waals surface area contributed by atoms with E-state index in [0.29, 0.717) is 0 Å². The highest BCUT2D eigenvalue weighted by molar-refractivity contribution is 6.30. The summed E-state index contributed by atoms with van der Waals surface area (Å²) in [6.07, 6.45) is 0.720. The number of fused-ring (bicyclic) bond motifs is 1. The lowest BCUT2D eigenvalue weighted by atomic mass is 9.93. The van der Waals surface area contributed by atoms with Crippen LogP contribution in [0.15, 0.2) is 48.5 Å². The molecular formula is C16H14ClNO. The van der Waals surface area contributed by atoms with Gasteiger partial charge < -0.3 is 4.90 Å². The molecule has 0 bridgehead atoms. The van der Waals surface area contributed by atoms with Crippen LogP contribution in [0.5, 0.6) is 0 Å². The number of nitrogens with zero attached hydrogens (tertiary/aromatic N) is 1. The largest absolute Gasteiger partial charge is 0.315 e. The quantitative estimate of drug-likeness (QED) is 0.817. The second-order valence-corrected chi connectivity index (χ2v) is 5.28. The average molecular weight is 272 g/mol. The summed E-state index contributed by atoms with van der Waals surface area (Å²) in [6, 6.07) is 15.7. The van der Waals surface area contributed by atoms with Gasteiger partial charge in [-0.15, -0.1) is 0 Å².